The van der Waals surface area contributed by atoms with Crippen LogP contribution in [0.3, 0.4) is 0 Å². The second kappa shape index (κ2) is 7.41. The Kier molecular flexibility index (Phi) is 5.56. The van der Waals surface area contributed by atoms with Crippen molar-refractivity contribution in [3.63, 3.8) is 0 Å². The summed E-state index contributed by atoms with van der Waals surface area (Å²) in [6, 6.07) is 12.2. The van der Waals surface area contributed by atoms with Crippen LogP contribution >= 0.6 is 23.2 Å². The van der Waals surface area contributed by atoms with Crippen LogP contribution in [0.15, 0.2) is 42.5 Å². The van der Waals surface area contributed by atoms with Crippen molar-refractivity contribution in [3.8, 4) is 0 Å². The van der Waals surface area contributed by atoms with Gasteiger partial charge in [0.25, 0.3) is 5.91 Å². The maximum atomic E-state index is 12.1. The van der Waals surface area contributed by atoms with Crippen molar-refractivity contribution >= 4 is 29.1 Å². The molecule has 0 bridgehead atoms. The number of carbonyl (C=O) groups is 1. The van der Waals surface area contributed by atoms with E-state index in [2.05, 4.69) is 10.3 Å². The number of hydrogen-bond donors (Lipinski definition) is 2. The first kappa shape index (κ1) is 15.8. The molecule has 0 aliphatic carbocycles. The summed E-state index contributed by atoms with van der Waals surface area (Å²) in [6.45, 7) is -0.182. The van der Waals surface area contributed by atoms with Gasteiger partial charge in [0.1, 0.15) is 10.8 Å². The second-order valence-electron chi connectivity index (χ2n) is 4.51. The third-order valence-electron chi connectivity index (χ3n) is 2.91. The molecule has 110 valence electrons. The number of amides is 1. The van der Waals surface area contributed by atoms with Gasteiger partial charge in [0.2, 0.25) is 0 Å². The molecule has 2 N–H and O–H groups in total. The van der Waals surface area contributed by atoms with Crippen LogP contribution in [0.25, 0.3) is 0 Å². The number of rotatable bonds is 5. The van der Waals surface area contributed by atoms with E-state index in [9.17, 15) is 9.90 Å². The molecule has 21 heavy (non-hydrogen) atoms. The van der Waals surface area contributed by atoms with Crippen LogP contribution < -0.4 is 5.32 Å². The Balaban J connectivity index is 2.07. The first-order chi connectivity index (χ1) is 10.1. The Morgan fingerprint density at radius 2 is 1.90 bits per heavy atom. The van der Waals surface area contributed by atoms with E-state index < -0.39 is 11.9 Å². The van der Waals surface area contributed by atoms with Gasteiger partial charge in [0.15, 0.2) is 0 Å². The summed E-state index contributed by atoms with van der Waals surface area (Å²) in [4.78, 5) is 16.1. The molecule has 1 atom stereocenters. The van der Waals surface area contributed by atoms with E-state index in [4.69, 9.17) is 23.2 Å². The molecule has 1 heterocycles. The van der Waals surface area contributed by atoms with Crippen molar-refractivity contribution in [1.82, 2.24) is 10.3 Å². The average Bonchev–Trinajstić information content (AvgIpc) is 2.50. The number of aliphatic hydroxyl groups is 1. The largest absolute Gasteiger partial charge is 0.394 e. The van der Waals surface area contributed by atoms with Gasteiger partial charge in [-0.2, -0.15) is 0 Å². The third-order valence-corrected chi connectivity index (χ3v) is 3.42. The van der Waals surface area contributed by atoms with Crippen LogP contribution in [-0.2, 0) is 6.42 Å². The first-order valence-electron chi connectivity index (χ1n) is 6.38. The molecular formula is C15H14Cl2N2O2. The van der Waals surface area contributed by atoms with E-state index in [1.54, 1.807) is 0 Å². The highest BCUT2D eigenvalue weighted by molar-refractivity contribution is 6.34. The van der Waals surface area contributed by atoms with E-state index in [1.807, 2.05) is 30.3 Å². The number of hydrogen-bond acceptors (Lipinski definition) is 3. The molecule has 2 aromatic rings. The van der Waals surface area contributed by atoms with Gasteiger partial charge in [0, 0.05) is 0 Å². The molecule has 0 aliphatic heterocycles. The Morgan fingerprint density at radius 3 is 2.57 bits per heavy atom. The zero-order chi connectivity index (χ0) is 15.2. The van der Waals surface area contributed by atoms with E-state index >= 15 is 0 Å². The number of nitrogens with one attached hydrogen (secondary N) is 1. The lowest BCUT2D eigenvalue weighted by molar-refractivity contribution is 0.0911. The molecule has 1 aromatic heterocycles. The number of aromatic nitrogens is 1. The SMILES string of the molecule is O=C(N[C@H](CO)Cc1ccccc1)c1nc(Cl)ccc1Cl. The van der Waals surface area contributed by atoms with Gasteiger partial charge in [-0.25, -0.2) is 4.98 Å². The Hall–Kier alpha value is -1.62. The van der Waals surface area contributed by atoms with Crippen LogP contribution in [0.5, 0.6) is 0 Å². The number of nitrogens with zero attached hydrogens (tertiary/aromatic N) is 1. The second-order valence-corrected chi connectivity index (χ2v) is 5.30. The van der Waals surface area contributed by atoms with E-state index in [0.29, 0.717) is 6.42 Å². The zero-order valence-electron chi connectivity index (χ0n) is 11.1. The molecule has 0 aliphatic rings. The topological polar surface area (TPSA) is 62.2 Å². The summed E-state index contributed by atoms with van der Waals surface area (Å²) in [5.74, 6) is -0.461. The van der Waals surface area contributed by atoms with Crippen LogP contribution in [0.1, 0.15) is 16.1 Å². The van der Waals surface area contributed by atoms with Crippen molar-refractivity contribution in [3.05, 3.63) is 63.9 Å². The summed E-state index contributed by atoms with van der Waals surface area (Å²) in [7, 11) is 0. The molecule has 1 amide bonds. The number of carbonyl (C=O) groups excluding carboxylic acids is 1. The molecule has 6 heteroatoms. The van der Waals surface area contributed by atoms with Crippen molar-refractivity contribution in [2.24, 2.45) is 0 Å². The minimum atomic E-state index is -0.461. The van der Waals surface area contributed by atoms with Gasteiger partial charge in [-0.15, -0.1) is 0 Å². The fourth-order valence-electron chi connectivity index (χ4n) is 1.89. The van der Waals surface area contributed by atoms with Gasteiger partial charge in [-0.1, -0.05) is 53.5 Å². The van der Waals surface area contributed by atoms with Crippen LogP contribution in [0.2, 0.25) is 10.2 Å². The number of benzene rings is 1. The normalized spacial score (nSPS) is 12.0. The van der Waals surface area contributed by atoms with Crippen molar-refractivity contribution < 1.29 is 9.90 Å². The lowest BCUT2D eigenvalue weighted by Gasteiger charge is -2.16. The maximum Gasteiger partial charge on any atom is 0.271 e. The highest BCUT2D eigenvalue weighted by Crippen LogP contribution is 2.17. The number of aliphatic hydroxyl groups excluding tert-OH is 1. The van der Waals surface area contributed by atoms with Gasteiger partial charge in [-0.05, 0) is 24.1 Å². The van der Waals surface area contributed by atoms with Gasteiger partial charge < -0.3 is 10.4 Å². The summed E-state index contributed by atoms with van der Waals surface area (Å²) in [5.41, 5.74) is 1.07. The molecule has 0 radical (unpaired) electrons. The van der Waals surface area contributed by atoms with Gasteiger partial charge in [-0.3, -0.25) is 4.79 Å². The Bertz CT molecular complexity index is 620. The summed E-state index contributed by atoms with van der Waals surface area (Å²) in [6.07, 6.45) is 0.515. The fraction of sp³-hybridized carbons (Fsp3) is 0.200. The lowest BCUT2D eigenvalue weighted by Crippen LogP contribution is -2.39. The smallest absolute Gasteiger partial charge is 0.271 e. The van der Waals surface area contributed by atoms with Crippen molar-refractivity contribution in [2.75, 3.05) is 6.61 Å². The number of pyridine rings is 1. The first-order valence-corrected chi connectivity index (χ1v) is 7.13. The van der Waals surface area contributed by atoms with Gasteiger partial charge in [0.05, 0.1) is 17.7 Å². The van der Waals surface area contributed by atoms with Crippen molar-refractivity contribution in [1.29, 1.82) is 0 Å². The standard InChI is InChI=1S/C15H14Cl2N2O2/c16-12-6-7-13(17)19-14(12)15(21)18-11(9-20)8-10-4-2-1-3-5-10/h1-7,11,20H,8-9H2,(H,18,21)/t11-/m0/s1. The predicted octanol–water partition coefficient (Wildman–Crippen LogP) is 2.72. The van der Waals surface area contributed by atoms with Crippen molar-refractivity contribution in [2.45, 2.75) is 12.5 Å². The lowest BCUT2D eigenvalue weighted by atomic mass is 10.1. The molecule has 0 saturated carbocycles. The van der Waals surface area contributed by atoms with Crippen LogP contribution in [0, 0.1) is 0 Å². The molecule has 1 aromatic carbocycles. The Morgan fingerprint density at radius 1 is 1.19 bits per heavy atom. The van der Waals surface area contributed by atoms with Crippen LogP contribution in [-0.4, -0.2) is 28.6 Å². The molecule has 0 saturated heterocycles. The molecular weight excluding hydrogens is 311 g/mol. The molecule has 2 rings (SSSR count). The molecule has 0 fully saturated rings. The zero-order valence-corrected chi connectivity index (χ0v) is 12.6. The Labute approximate surface area is 132 Å². The molecule has 0 spiro atoms. The van der Waals surface area contributed by atoms with E-state index in [-0.39, 0.29) is 22.5 Å². The van der Waals surface area contributed by atoms with E-state index in [1.165, 1.54) is 12.1 Å². The highest BCUT2D eigenvalue weighted by Gasteiger charge is 2.17. The number of halogens is 2. The minimum Gasteiger partial charge on any atom is -0.394 e. The van der Waals surface area contributed by atoms with E-state index in [0.717, 1.165) is 5.56 Å². The van der Waals surface area contributed by atoms with Gasteiger partial charge >= 0.3 is 0 Å². The average molecular weight is 325 g/mol. The molecule has 0 unspecified atom stereocenters. The summed E-state index contributed by atoms with van der Waals surface area (Å²) >= 11 is 11.7. The quantitative estimate of drug-likeness (QED) is 0.831. The summed E-state index contributed by atoms with van der Waals surface area (Å²) < 4.78 is 0. The molecule has 4 nitrogen and oxygen atoms in total. The van der Waals surface area contributed by atoms with Crippen LogP contribution in [0.4, 0.5) is 0 Å². The maximum absolute atomic E-state index is 12.1. The monoisotopic (exact) mass is 324 g/mol. The minimum absolute atomic E-state index is 0.0516. The predicted molar refractivity (Wildman–Crippen MR) is 82.7 cm³/mol. The fourth-order valence-corrected chi connectivity index (χ4v) is 2.23. The summed E-state index contributed by atoms with van der Waals surface area (Å²) in [5, 5.41) is 12.5. The highest BCUT2D eigenvalue weighted by atomic mass is 35.5. The third kappa shape index (κ3) is 4.43.